The Labute approximate surface area is 150 Å². The lowest BCUT2D eigenvalue weighted by Gasteiger charge is -2.13. The van der Waals surface area contributed by atoms with Gasteiger partial charge in [0.2, 0.25) is 0 Å². The quantitative estimate of drug-likeness (QED) is 0.776. The van der Waals surface area contributed by atoms with Crippen molar-refractivity contribution in [1.29, 1.82) is 0 Å². The van der Waals surface area contributed by atoms with Gasteiger partial charge in [-0.05, 0) is 49.1 Å². The number of hydrogen-bond acceptors (Lipinski definition) is 3. The maximum Gasteiger partial charge on any atom is 0.251 e. The number of carbonyl (C=O) groups excluding carboxylic acids is 1. The van der Waals surface area contributed by atoms with Gasteiger partial charge in [0.1, 0.15) is 0 Å². The summed E-state index contributed by atoms with van der Waals surface area (Å²) >= 11 is 0. The van der Waals surface area contributed by atoms with E-state index in [9.17, 15) is 4.79 Å². The summed E-state index contributed by atoms with van der Waals surface area (Å²) in [6, 6.07) is 13.3. The number of benzene rings is 2. The van der Waals surface area contributed by atoms with Crippen molar-refractivity contribution in [2.75, 3.05) is 13.7 Å². The Morgan fingerprint density at radius 2 is 1.80 bits per heavy atom. The number of carbonyl (C=O) groups is 1. The predicted molar refractivity (Wildman–Crippen MR) is 100 cm³/mol. The third kappa shape index (κ3) is 5.82. The summed E-state index contributed by atoms with van der Waals surface area (Å²) in [5.74, 6) is 1.93. The van der Waals surface area contributed by atoms with Crippen molar-refractivity contribution in [3.63, 3.8) is 0 Å². The molecule has 0 bridgehead atoms. The second kappa shape index (κ2) is 9.11. The molecule has 134 valence electrons. The van der Waals surface area contributed by atoms with Crippen LogP contribution in [0.1, 0.15) is 41.8 Å². The fourth-order valence-corrected chi connectivity index (χ4v) is 2.34. The van der Waals surface area contributed by atoms with E-state index in [4.69, 9.17) is 9.47 Å². The molecular formula is C21H27NO3. The third-order valence-corrected chi connectivity index (χ3v) is 3.95. The van der Waals surface area contributed by atoms with Crippen LogP contribution in [0.5, 0.6) is 11.5 Å². The fraction of sp³-hybridized carbons (Fsp3) is 0.381. The Balaban J connectivity index is 1.95. The summed E-state index contributed by atoms with van der Waals surface area (Å²) in [7, 11) is 1.62. The molecule has 0 unspecified atom stereocenters. The molecule has 0 saturated heterocycles. The molecule has 0 aliphatic heterocycles. The van der Waals surface area contributed by atoms with Crippen LogP contribution in [0.3, 0.4) is 0 Å². The highest BCUT2D eigenvalue weighted by molar-refractivity contribution is 5.94. The van der Waals surface area contributed by atoms with Gasteiger partial charge in [0.05, 0.1) is 13.7 Å². The van der Waals surface area contributed by atoms with Crippen molar-refractivity contribution in [3.05, 3.63) is 59.2 Å². The van der Waals surface area contributed by atoms with Gasteiger partial charge in [-0.25, -0.2) is 0 Å². The Kier molecular flexibility index (Phi) is 6.87. The molecule has 4 heteroatoms. The lowest BCUT2D eigenvalue weighted by atomic mass is 10.1. The zero-order chi connectivity index (χ0) is 18.2. The van der Waals surface area contributed by atoms with Gasteiger partial charge in [0.25, 0.3) is 5.91 Å². The average Bonchev–Trinajstić information content (AvgIpc) is 2.60. The van der Waals surface area contributed by atoms with Gasteiger partial charge in [0, 0.05) is 12.1 Å². The van der Waals surface area contributed by atoms with Gasteiger partial charge in [-0.3, -0.25) is 4.79 Å². The van der Waals surface area contributed by atoms with Crippen molar-refractivity contribution < 1.29 is 14.3 Å². The summed E-state index contributed by atoms with van der Waals surface area (Å²) in [6.07, 6.45) is 0.998. The number of nitrogens with one attached hydrogen (secondary N) is 1. The largest absolute Gasteiger partial charge is 0.493 e. The minimum absolute atomic E-state index is 0.0868. The molecule has 2 aromatic rings. The number of hydrogen-bond donors (Lipinski definition) is 1. The van der Waals surface area contributed by atoms with E-state index >= 15 is 0 Å². The molecule has 0 saturated carbocycles. The maximum atomic E-state index is 12.2. The molecule has 0 aromatic heterocycles. The van der Waals surface area contributed by atoms with E-state index in [1.807, 2.05) is 49.4 Å². The van der Waals surface area contributed by atoms with Crippen LogP contribution in [-0.2, 0) is 6.54 Å². The van der Waals surface area contributed by atoms with Crippen LogP contribution in [-0.4, -0.2) is 19.6 Å². The fourth-order valence-electron chi connectivity index (χ4n) is 2.34. The Hall–Kier alpha value is -2.49. The van der Waals surface area contributed by atoms with Crippen molar-refractivity contribution in [3.8, 4) is 11.5 Å². The molecule has 2 rings (SSSR count). The van der Waals surface area contributed by atoms with E-state index in [-0.39, 0.29) is 5.91 Å². The summed E-state index contributed by atoms with van der Waals surface area (Å²) in [5.41, 5.74) is 2.76. The minimum atomic E-state index is -0.0868. The van der Waals surface area contributed by atoms with Gasteiger partial charge >= 0.3 is 0 Å². The van der Waals surface area contributed by atoms with E-state index in [0.29, 0.717) is 30.4 Å². The summed E-state index contributed by atoms with van der Waals surface area (Å²) < 4.78 is 11.2. The topological polar surface area (TPSA) is 47.6 Å². The lowest BCUT2D eigenvalue weighted by molar-refractivity contribution is 0.0951. The van der Waals surface area contributed by atoms with E-state index in [1.165, 1.54) is 0 Å². The van der Waals surface area contributed by atoms with Crippen molar-refractivity contribution in [2.24, 2.45) is 5.92 Å². The summed E-state index contributed by atoms with van der Waals surface area (Å²) in [5, 5.41) is 2.93. The smallest absolute Gasteiger partial charge is 0.251 e. The Bertz CT molecular complexity index is 693. The predicted octanol–water partition coefficient (Wildman–Crippen LogP) is 4.36. The van der Waals surface area contributed by atoms with Gasteiger partial charge in [0.15, 0.2) is 11.5 Å². The van der Waals surface area contributed by atoms with Gasteiger partial charge in [-0.2, -0.15) is 0 Å². The molecule has 4 nitrogen and oxygen atoms in total. The second-order valence-corrected chi connectivity index (χ2v) is 6.56. The molecular weight excluding hydrogens is 314 g/mol. The van der Waals surface area contributed by atoms with Crippen LogP contribution < -0.4 is 14.8 Å². The normalized spacial score (nSPS) is 10.6. The van der Waals surface area contributed by atoms with Crippen molar-refractivity contribution >= 4 is 5.91 Å². The number of methoxy groups -OCH3 is 1. The van der Waals surface area contributed by atoms with E-state index in [0.717, 1.165) is 23.3 Å². The van der Waals surface area contributed by atoms with Crippen molar-refractivity contribution in [1.82, 2.24) is 5.32 Å². The number of ether oxygens (including phenoxy) is 2. The van der Waals surface area contributed by atoms with Crippen LogP contribution in [0.15, 0.2) is 42.5 Å². The van der Waals surface area contributed by atoms with Crippen LogP contribution in [0.2, 0.25) is 0 Å². The molecule has 0 spiro atoms. The van der Waals surface area contributed by atoms with Gasteiger partial charge in [-0.1, -0.05) is 37.6 Å². The van der Waals surface area contributed by atoms with Crippen LogP contribution in [0.4, 0.5) is 0 Å². The highest BCUT2D eigenvalue weighted by Crippen LogP contribution is 2.28. The van der Waals surface area contributed by atoms with E-state index in [2.05, 4.69) is 19.2 Å². The molecule has 0 fully saturated rings. The number of amides is 1. The van der Waals surface area contributed by atoms with E-state index < -0.39 is 0 Å². The zero-order valence-electron chi connectivity index (χ0n) is 15.5. The van der Waals surface area contributed by atoms with Gasteiger partial charge in [-0.15, -0.1) is 0 Å². The molecule has 0 aliphatic rings. The standard InChI is InChI=1S/C21H27NO3/c1-15(2)11-12-25-19-10-7-17(13-20(19)24-4)14-22-21(23)18-8-5-16(3)6-9-18/h5-10,13,15H,11-12,14H2,1-4H3,(H,22,23). The molecule has 1 N–H and O–H groups in total. The van der Waals surface area contributed by atoms with Crippen LogP contribution >= 0.6 is 0 Å². The third-order valence-electron chi connectivity index (χ3n) is 3.95. The SMILES string of the molecule is COc1cc(CNC(=O)c2ccc(C)cc2)ccc1OCCC(C)C. The number of rotatable bonds is 8. The molecule has 0 heterocycles. The lowest BCUT2D eigenvalue weighted by Crippen LogP contribution is -2.22. The Morgan fingerprint density at radius 3 is 2.44 bits per heavy atom. The average molecular weight is 341 g/mol. The van der Waals surface area contributed by atoms with Crippen LogP contribution in [0, 0.1) is 12.8 Å². The second-order valence-electron chi connectivity index (χ2n) is 6.56. The molecule has 25 heavy (non-hydrogen) atoms. The first-order valence-electron chi connectivity index (χ1n) is 8.64. The Morgan fingerprint density at radius 1 is 1.08 bits per heavy atom. The monoisotopic (exact) mass is 341 g/mol. The zero-order valence-corrected chi connectivity index (χ0v) is 15.5. The highest BCUT2D eigenvalue weighted by Gasteiger charge is 2.09. The molecule has 0 aliphatic carbocycles. The molecule has 1 amide bonds. The first kappa shape index (κ1) is 18.8. The molecule has 0 atom stereocenters. The number of aryl methyl sites for hydroxylation is 1. The maximum absolute atomic E-state index is 12.2. The highest BCUT2D eigenvalue weighted by atomic mass is 16.5. The van der Waals surface area contributed by atoms with E-state index in [1.54, 1.807) is 7.11 Å². The first-order chi connectivity index (χ1) is 12.0. The van der Waals surface area contributed by atoms with Crippen LogP contribution in [0.25, 0.3) is 0 Å². The summed E-state index contributed by atoms with van der Waals surface area (Å²) in [4.78, 5) is 12.2. The van der Waals surface area contributed by atoms with Gasteiger partial charge < -0.3 is 14.8 Å². The molecule has 2 aromatic carbocycles. The molecule has 0 radical (unpaired) electrons. The summed E-state index contributed by atoms with van der Waals surface area (Å²) in [6.45, 7) is 7.44. The first-order valence-corrected chi connectivity index (χ1v) is 8.64. The minimum Gasteiger partial charge on any atom is -0.493 e. The van der Waals surface area contributed by atoms with Crippen molar-refractivity contribution in [2.45, 2.75) is 33.7 Å².